The molecule has 0 saturated heterocycles. The highest BCUT2D eigenvalue weighted by Crippen LogP contribution is 2.53. The second kappa shape index (κ2) is 6.83. The van der Waals surface area contributed by atoms with Gasteiger partial charge in [0.15, 0.2) is 17.3 Å². The Morgan fingerprint density at radius 1 is 1.06 bits per heavy atom. The fourth-order valence-corrected chi connectivity index (χ4v) is 5.09. The van der Waals surface area contributed by atoms with Crippen LogP contribution in [0.25, 0.3) is 0 Å². The molecule has 32 heavy (non-hydrogen) atoms. The van der Waals surface area contributed by atoms with Crippen LogP contribution < -0.4 is 24.4 Å². The molecule has 3 heterocycles. The smallest absolute Gasteiger partial charge is 0.243 e. The molecule has 1 spiro atoms. The maximum absolute atomic E-state index is 14.2. The molecule has 0 radical (unpaired) electrons. The molecule has 0 saturated carbocycles. The van der Waals surface area contributed by atoms with E-state index in [0.717, 1.165) is 33.8 Å². The molecule has 6 rings (SSSR count). The molecule has 1 unspecified atom stereocenters. The van der Waals surface area contributed by atoms with E-state index >= 15 is 0 Å². The van der Waals surface area contributed by atoms with Gasteiger partial charge in [-0.3, -0.25) is 15.5 Å². The number of benzene rings is 3. The first kappa shape index (κ1) is 18.9. The number of nitrogens with one attached hydrogen (secondary N) is 1. The lowest BCUT2D eigenvalue weighted by molar-refractivity contribution is -0.452. The SMILES string of the molecule is COc1ccc(CN2C(=O)C3(CC(=N)[NH2+]c4cc5c(cc43)OCO5)c3ccccc32)cc1. The van der Waals surface area contributed by atoms with Crippen molar-refractivity contribution in [3.8, 4) is 17.2 Å². The Labute approximate surface area is 185 Å². The van der Waals surface area contributed by atoms with Gasteiger partial charge in [-0.15, -0.1) is 0 Å². The van der Waals surface area contributed by atoms with Crippen LogP contribution in [0.3, 0.4) is 0 Å². The number of carbonyl (C=O) groups is 1. The van der Waals surface area contributed by atoms with Crippen LogP contribution in [-0.4, -0.2) is 25.6 Å². The molecule has 0 aliphatic carbocycles. The number of fused-ring (bicyclic) bond motifs is 5. The lowest BCUT2D eigenvalue weighted by Crippen LogP contribution is -2.85. The van der Waals surface area contributed by atoms with Gasteiger partial charge in [0.05, 0.1) is 20.1 Å². The van der Waals surface area contributed by atoms with E-state index in [0.29, 0.717) is 30.3 Å². The van der Waals surface area contributed by atoms with Gasteiger partial charge in [0, 0.05) is 17.3 Å². The van der Waals surface area contributed by atoms with E-state index < -0.39 is 5.41 Å². The summed E-state index contributed by atoms with van der Waals surface area (Å²) in [4.78, 5) is 16.0. The Morgan fingerprint density at radius 2 is 1.81 bits per heavy atom. The summed E-state index contributed by atoms with van der Waals surface area (Å²) in [5.74, 6) is 2.47. The molecule has 3 aromatic carbocycles. The van der Waals surface area contributed by atoms with E-state index in [1.807, 2.05) is 70.9 Å². The van der Waals surface area contributed by atoms with Crippen molar-refractivity contribution in [1.29, 1.82) is 5.41 Å². The summed E-state index contributed by atoms with van der Waals surface area (Å²) < 4.78 is 16.4. The number of hydrogen-bond acceptors (Lipinski definition) is 5. The summed E-state index contributed by atoms with van der Waals surface area (Å²) >= 11 is 0. The third-order valence-electron chi connectivity index (χ3n) is 6.55. The van der Waals surface area contributed by atoms with Crippen molar-refractivity contribution in [2.75, 3.05) is 18.8 Å². The Balaban J connectivity index is 1.50. The van der Waals surface area contributed by atoms with Crippen LogP contribution in [-0.2, 0) is 16.8 Å². The largest absolute Gasteiger partial charge is 0.497 e. The molecule has 1 atom stereocenters. The minimum Gasteiger partial charge on any atom is -0.497 e. The van der Waals surface area contributed by atoms with Gasteiger partial charge in [0.2, 0.25) is 12.7 Å². The van der Waals surface area contributed by atoms with Crippen molar-refractivity contribution < 1.29 is 24.3 Å². The van der Waals surface area contributed by atoms with Crippen LogP contribution in [0.2, 0.25) is 0 Å². The van der Waals surface area contributed by atoms with Crippen LogP contribution in [0.5, 0.6) is 17.2 Å². The molecular weight excluding hydrogens is 406 g/mol. The average Bonchev–Trinajstić information content (AvgIpc) is 3.35. The first-order chi connectivity index (χ1) is 15.6. The van der Waals surface area contributed by atoms with Gasteiger partial charge in [-0.05, 0) is 35.4 Å². The van der Waals surface area contributed by atoms with E-state index in [-0.39, 0.29) is 12.7 Å². The topological polar surface area (TPSA) is 88.5 Å². The van der Waals surface area contributed by atoms with E-state index in [4.69, 9.17) is 19.6 Å². The Hall–Kier alpha value is -3.84. The van der Waals surface area contributed by atoms with Gasteiger partial charge >= 0.3 is 0 Å². The molecule has 0 bridgehead atoms. The molecule has 0 fully saturated rings. The number of methoxy groups -OCH3 is 1. The van der Waals surface area contributed by atoms with Crippen molar-refractivity contribution >= 4 is 23.1 Å². The monoisotopic (exact) mass is 428 g/mol. The highest BCUT2D eigenvalue weighted by atomic mass is 16.7. The molecule has 1 amide bonds. The van der Waals surface area contributed by atoms with Gasteiger partial charge < -0.3 is 19.1 Å². The van der Waals surface area contributed by atoms with Gasteiger partial charge in [-0.1, -0.05) is 30.3 Å². The van der Waals surface area contributed by atoms with Crippen LogP contribution in [0.4, 0.5) is 11.4 Å². The quantitative estimate of drug-likeness (QED) is 0.628. The average molecular weight is 428 g/mol. The first-order valence-corrected chi connectivity index (χ1v) is 10.5. The Kier molecular flexibility index (Phi) is 4.03. The molecule has 3 aromatic rings. The van der Waals surface area contributed by atoms with Crippen LogP contribution in [0.1, 0.15) is 23.1 Å². The van der Waals surface area contributed by atoms with Crippen molar-refractivity contribution in [3.05, 3.63) is 77.4 Å². The van der Waals surface area contributed by atoms with Gasteiger partial charge in [-0.2, -0.15) is 0 Å². The summed E-state index contributed by atoms with van der Waals surface area (Å²) in [7, 11) is 1.64. The zero-order chi connectivity index (χ0) is 21.9. The molecule has 160 valence electrons. The predicted octanol–water partition coefficient (Wildman–Crippen LogP) is 2.83. The highest BCUT2D eigenvalue weighted by molar-refractivity contribution is 6.13. The molecule has 0 aromatic heterocycles. The number of nitrogens with zero attached hydrogens (tertiary/aromatic N) is 1. The number of rotatable bonds is 3. The second-order valence-corrected chi connectivity index (χ2v) is 8.30. The predicted molar refractivity (Wildman–Crippen MR) is 118 cm³/mol. The fraction of sp³-hybridized carbons (Fsp3) is 0.200. The number of quaternary nitrogens is 1. The van der Waals surface area contributed by atoms with Crippen molar-refractivity contribution in [2.24, 2.45) is 0 Å². The van der Waals surface area contributed by atoms with Crippen molar-refractivity contribution in [2.45, 2.75) is 18.4 Å². The molecule has 3 aliphatic heterocycles. The van der Waals surface area contributed by atoms with Crippen LogP contribution in [0.15, 0.2) is 60.7 Å². The highest BCUT2D eigenvalue weighted by Gasteiger charge is 2.57. The number of amides is 1. The number of para-hydroxylation sites is 1. The second-order valence-electron chi connectivity index (χ2n) is 8.30. The molecule has 3 aliphatic rings. The summed E-state index contributed by atoms with van der Waals surface area (Å²) in [5, 5.41) is 10.4. The number of carbonyl (C=O) groups excluding carboxylic acids is 1. The van der Waals surface area contributed by atoms with Gasteiger partial charge in [0.1, 0.15) is 16.9 Å². The molecule has 7 heteroatoms. The zero-order valence-electron chi connectivity index (χ0n) is 17.6. The maximum Gasteiger partial charge on any atom is 0.243 e. The molecule has 7 nitrogen and oxygen atoms in total. The number of hydrogen-bond donors (Lipinski definition) is 2. The van der Waals surface area contributed by atoms with E-state index in [1.165, 1.54) is 0 Å². The van der Waals surface area contributed by atoms with Crippen molar-refractivity contribution in [1.82, 2.24) is 0 Å². The van der Waals surface area contributed by atoms with Crippen LogP contribution in [0, 0.1) is 5.41 Å². The standard InChI is InChI=1S/C25H21N3O4/c1-30-16-8-6-15(7-9-16)13-28-20-5-3-2-4-17(20)25(24(28)29)12-23(26)27-19-11-22-21(10-18(19)25)31-14-32-22/h2-11H,12-14H2,1H3,(H2,26,27)/p+1. The third kappa shape index (κ3) is 2.58. The lowest BCUT2D eigenvalue weighted by atomic mass is 9.70. The third-order valence-corrected chi connectivity index (χ3v) is 6.55. The van der Waals surface area contributed by atoms with Crippen molar-refractivity contribution in [3.63, 3.8) is 0 Å². The first-order valence-electron chi connectivity index (χ1n) is 10.5. The number of nitrogens with two attached hydrogens (primary N) is 1. The summed E-state index contributed by atoms with van der Waals surface area (Å²) in [6, 6.07) is 19.5. The minimum absolute atomic E-state index is 0.0208. The van der Waals surface area contributed by atoms with Gasteiger partial charge in [-0.25, -0.2) is 0 Å². The number of amidine groups is 1. The lowest BCUT2D eigenvalue weighted by Gasteiger charge is -2.33. The number of ether oxygens (including phenoxy) is 3. The van der Waals surface area contributed by atoms with E-state index in [1.54, 1.807) is 7.11 Å². The zero-order valence-corrected chi connectivity index (χ0v) is 17.6. The fourth-order valence-electron chi connectivity index (χ4n) is 5.09. The Bertz CT molecular complexity index is 1270. The minimum atomic E-state index is -0.953. The molecular formula is C25H22N3O4+. The summed E-state index contributed by atoms with van der Waals surface area (Å²) in [6.45, 7) is 0.606. The van der Waals surface area contributed by atoms with E-state index in [9.17, 15) is 4.79 Å². The maximum atomic E-state index is 14.2. The summed E-state index contributed by atoms with van der Waals surface area (Å²) in [5.41, 5.74) is 3.57. The summed E-state index contributed by atoms with van der Waals surface area (Å²) in [6.07, 6.45) is 0.314. The number of anilines is 1. The van der Waals surface area contributed by atoms with Gasteiger partial charge in [0.25, 0.3) is 0 Å². The van der Waals surface area contributed by atoms with E-state index in [2.05, 4.69) is 0 Å². The normalized spacial score (nSPS) is 20.5. The Morgan fingerprint density at radius 3 is 2.59 bits per heavy atom. The molecule has 3 N–H and O–H groups in total. The van der Waals surface area contributed by atoms with Crippen LogP contribution >= 0.6 is 0 Å².